The fourth-order valence-electron chi connectivity index (χ4n) is 3.12. The minimum absolute atomic E-state index is 0.0322. The predicted octanol–water partition coefficient (Wildman–Crippen LogP) is 2.44. The Morgan fingerprint density at radius 1 is 1.16 bits per heavy atom. The van der Waals surface area contributed by atoms with Gasteiger partial charge >= 0.3 is 0 Å². The van der Waals surface area contributed by atoms with Crippen molar-refractivity contribution in [3.05, 3.63) is 35.4 Å². The molecule has 1 heterocycles. The summed E-state index contributed by atoms with van der Waals surface area (Å²) in [5.74, 6) is 0.651. The smallest absolute Gasteiger partial charge is 0.0771 e. The summed E-state index contributed by atoms with van der Waals surface area (Å²) in [6.07, 6.45) is 4.55. The molecule has 104 valence electrons. The Hall–Kier alpha value is -0.900. The van der Waals surface area contributed by atoms with Gasteiger partial charge < -0.3 is 15.2 Å². The number of hydrogen-bond donors (Lipinski definition) is 1. The van der Waals surface area contributed by atoms with Gasteiger partial charge in [-0.1, -0.05) is 24.3 Å². The van der Waals surface area contributed by atoms with Gasteiger partial charge in [0.2, 0.25) is 0 Å². The van der Waals surface area contributed by atoms with Crippen LogP contribution in [0.1, 0.15) is 36.4 Å². The molecule has 2 aliphatic rings. The van der Waals surface area contributed by atoms with Gasteiger partial charge in [-0.05, 0) is 42.7 Å². The molecule has 1 aromatic carbocycles. The molecule has 2 atom stereocenters. The van der Waals surface area contributed by atoms with E-state index < -0.39 is 0 Å². The van der Waals surface area contributed by atoms with Crippen LogP contribution in [-0.2, 0) is 15.9 Å². The first-order chi connectivity index (χ1) is 9.34. The number of fused-ring (bicyclic) bond motifs is 1. The van der Waals surface area contributed by atoms with Crippen LogP contribution in [0.3, 0.4) is 0 Å². The molecule has 0 saturated carbocycles. The van der Waals surface area contributed by atoms with E-state index in [1.807, 2.05) is 0 Å². The predicted molar refractivity (Wildman–Crippen MR) is 75.0 cm³/mol. The van der Waals surface area contributed by atoms with Crippen molar-refractivity contribution in [2.45, 2.75) is 37.8 Å². The van der Waals surface area contributed by atoms with Crippen molar-refractivity contribution in [3.8, 4) is 0 Å². The quantitative estimate of drug-likeness (QED) is 0.909. The van der Waals surface area contributed by atoms with E-state index in [0.717, 1.165) is 45.5 Å². The first kappa shape index (κ1) is 13.1. The van der Waals surface area contributed by atoms with Gasteiger partial charge in [0.25, 0.3) is 0 Å². The first-order valence-corrected chi connectivity index (χ1v) is 7.37. The lowest BCUT2D eigenvalue weighted by atomic mass is 9.86. The summed E-state index contributed by atoms with van der Waals surface area (Å²) in [6, 6.07) is 8.52. The molecule has 1 aliphatic heterocycles. The minimum atomic E-state index is 0.0322. The highest BCUT2D eigenvalue weighted by atomic mass is 16.5. The zero-order valence-corrected chi connectivity index (χ0v) is 11.4. The molecule has 3 nitrogen and oxygen atoms in total. The van der Waals surface area contributed by atoms with E-state index >= 15 is 0 Å². The van der Waals surface area contributed by atoms with Gasteiger partial charge in [-0.15, -0.1) is 0 Å². The lowest BCUT2D eigenvalue weighted by Gasteiger charge is -2.32. The van der Waals surface area contributed by atoms with Crippen LogP contribution in [0.25, 0.3) is 0 Å². The lowest BCUT2D eigenvalue weighted by Crippen LogP contribution is -2.35. The summed E-state index contributed by atoms with van der Waals surface area (Å²) >= 11 is 0. The third kappa shape index (κ3) is 2.99. The van der Waals surface area contributed by atoms with E-state index in [2.05, 4.69) is 24.3 Å². The Kier molecular flexibility index (Phi) is 4.16. The SMILES string of the molecule is NC1c2ccccc2CCC1OCC1CCOCC1. The molecule has 1 saturated heterocycles. The summed E-state index contributed by atoms with van der Waals surface area (Å²) in [4.78, 5) is 0. The molecule has 1 fully saturated rings. The molecule has 3 rings (SSSR count). The molecule has 19 heavy (non-hydrogen) atoms. The fourth-order valence-corrected chi connectivity index (χ4v) is 3.12. The van der Waals surface area contributed by atoms with Crippen LogP contribution >= 0.6 is 0 Å². The normalized spacial score (nSPS) is 28.1. The van der Waals surface area contributed by atoms with Gasteiger partial charge in [-0.2, -0.15) is 0 Å². The van der Waals surface area contributed by atoms with E-state index in [4.69, 9.17) is 15.2 Å². The highest BCUT2D eigenvalue weighted by Crippen LogP contribution is 2.30. The Bertz CT molecular complexity index is 415. The van der Waals surface area contributed by atoms with Gasteiger partial charge in [0.05, 0.1) is 18.8 Å². The number of benzene rings is 1. The second-order valence-corrected chi connectivity index (χ2v) is 5.69. The molecular weight excluding hydrogens is 238 g/mol. The van der Waals surface area contributed by atoms with Crippen molar-refractivity contribution >= 4 is 0 Å². The Balaban J connectivity index is 1.57. The van der Waals surface area contributed by atoms with Crippen LogP contribution in [0.2, 0.25) is 0 Å². The monoisotopic (exact) mass is 261 g/mol. The maximum Gasteiger partial charge on any atom is 0.0771 e. The second-order valence-electron chi connectivity index (χ2n) is 5.69. The number of rotatable bonds is 3. The largest absolute Gasteiger partial charge is 0.381 e. The molecule has 0 amide bonds. The molecular formula is C16H23NO2. The van der Waals surface area contributed by atoms with Crippen LogP contribution in [0.4, 0.5) is 0 Å². The second kappa shape index (κ2) is 6.04. The topological polar surface area (TPSA) is 44.5 Å². The first-order valence-electron chi connectivity index (χ1n) is 7.37. The number of aryl methyl sites for hydroxylation is 1. The molecule has 3 heteroatoms. The fraction of sp³-hybridized carbons (Fsp3) is 0.625. The van der Waals surface area contributed by atoms with Gasteiger partial charge in [0, 0.05) is 13.2 Å². The Labute approximate surface area is 115 Å². The lowest BCUT2D eigenvalue weighted by molar-refractivity contribution is -0.0250. The van der Waals surface area contributed by atoms with E-state index in [0.29, 0.717) is 5.92 Å². The molecule has 1 aliphatic carbocycles. The van der Waals surface area contributed by atoms with Crippen LogP contribution in [0, 0.1) is 5.92 Å². The van der Waals surface area contributed by atoms with Crippen molar-refractivity contribution in [2.24, 2.45) is 11.7 Å². The van der Waals surface area contributed by atoms with Crippen molar-refractivity contribution in [1.82, 2.24) is 0 Å². The van der Waals surface area contributed by atoms with E-state index in [1.165, 1.54) is 11.1 Å². The van der Waals surface area contributed by atoms with Crippen molar-refractivity contribution < 1.29 is 9.47 Å². The minimum Gasteiger partial charge on any atom is -0.381 e. The molecule has 1 aromatic rings. The number of hydrogen-bond acceptors (Lipinski definition) is 3. The standard InChI is InChI=1S/C16H23NO2/c17-16-14-4-2-1-3-13(14)5-6-15(16)19-11-12-7-9-18-10-8-12/h1-4,12,15-16H,5-11,17H2. The Morgan fingerprint density at radius 2 is 1.95 bits per heavy atom. The van der Waals surface area contributed by atoms with Crippen molar-refractivity contribution in [3.63, 3.8) is 0 Å². The van der Waals surface area contributed by atoms with Gasteiger partial charge in [-0.25, -0.2) is 0 Å². The zero-order valence-electron chi connectivity index (χ0n) is 11.4. The summed E-state index contributed by atoms with van der Waals surface area (Å²) in [6.45, 7) is 2.60. The number of ether oxygens (including phenoxy) is 2. The average molecular weight is 261 g/mol. The third-order valence-electron chi connectivity index (χ3n) is 4.40. The molecule has 2 N–H and O–H groups in total. The van der Waals surface area contributed by atoms with E-state index in [-0.39, 0.29) is 12.1 Å². The third-order valence-corrected chi connectivity index (χ3v) is 4.40. The molecule has 0 spiro atoms. The van der Waals surface area contributed by atoms with Crippen molar-refractivity contribution in [1.29, 1.82) is 0 Å². The molecule has 0 bridgehead atoms. The summed E-state index contributed by atoms with van der Waals surface area (Å²) in [7, 11) is 0. The number of nitrogens with two attached hydrogens (primary N) is 1. The summed E-state index contributed by atoms with van der Waals surface area (Å²) in [5.41, 5.74) is 9.02. The van der Waals surface area contributed by atoms with Crippen LogP contribution in [0.5, 0.6) is 0 Å². The average Bonchev–Trinajstić information content (AvgIpc) is 2.48. The van der Waals surface area contributed by atoms with Gasteiger partial charge in [0.15, 0.2) is 0 Å². The summed E-state index contributed by atoms with van der Waals surface area (Å²) in [5, 5.41) is 0. The highest BCUT2D eigenvalue weighted by molar-refractivity contribution is 5.33. The summed E-state index contributed by atoms with van der Waals surface area (Å²) < 4.78 is 11.5. The van der Waals surface area contributed by atoms with Crippen LogP contribution < -0.4 is 5.73 Å². The zero-order chi connectivity index (χ0) is 13.1. The Morgan fingerprint density at radius 3 is 2.79 bits per heavy atom. The molecule has 0 radical (unpaired) electrons. The van der Waals surface area contributed by atoms with E-state index in [9.17, 15) is 0 Å². The molecule has 2 unspecified atom stereocenters. The van der Waals surface area contributed by atoms with Crippen molar-refractivity contribution in [2.75, 3.05) is 19.8 Å². The maximum absolute atomic E-state index is 6.36. The van der Waals surface area contributed by atoms with Gasteiger partial charge in [-0.3, -0.25) is 0 Å². The maximum atomic E-state index is 6.36. The van der Waals surface area contributed by atoms with Crippen LogP contribution in [0.15, 0.2) is 24.3 Å². The van der Waals surface area contributed by atoms with E-state index in [1.54, 1.807) is 0 Å². The highest BCUT2D eigenvalue weighted by Gasteiger charge is 2.28. The molecule has 0 aromatic heterocycles. The van der Waals surface area contributed by atoms with Crippen LogP contribution in [-0.4, -0.2) is 25.9 Å². The van der Waals surface area contributed by atoms with Gasteiger partial charge in [0.1, 0.15) is 0 Å².